The number of para-hydroxylation sites is 4. The Balaban J connectivity index is 0.821. The van der Waals surface area contributed by atoms with Gasteiger partial charge in [-0.15, -0.1) is 0 Å². The molecule has 0 saturated carbocycles. The van der Waals surface area contributed by atoms with Gasteiger partial charge in [0.05, 0.1) is 40.3 Å². The minimum absolute atomic E-state index is 0.418. The lowest BCUT2D eigenvalue weighted by Crippen LogP contribution is -2.10. The zero-order valence-electron chi connectivity index (χ0n) is 37.2. The van der Waals surface area contributed by atoms with Crippen molar-refractivity contribution in [2.24, 2.45) is 0 Å². The first-order chi connectivity index (χ1) is 34.0. The third-order valence-electron chi connectivity index (χ3n) is 13.3. The highest BCUT2D eigenvalue weighted by molar-refractivity contribution is 6.10. The van der Waals surface area contributed by atoms with Crippen molar-refractivity contribution in [2.75, 3.05) is 12.0 Å². The van der Waals surface area contributed by atoms with Gasteiger partial charge >= 0.3 is 11.3 Å². The molecule has 9 aromatic carbocycles. The van der Waals surface area contributed by atoms with Crippen LogP contribution in [0.1, 0.15) is 0 Å². The maximum absolute atomic E-state index is 13.7. The van der Waals surface area contributed by atoms with Crippen LogP contribution in [0.25, 0.3) is 99.2 Å². The summed E-state index contributed by atoms with van der Waals surface area (Å²) in [6.07, 6.45) is 0. The Morgan fingerprint density at radius 3 is 1.10 bits per heavy atom. The molecule has 0 unspecified atom stereocenters. The van der Waals surface area contributed by atoms with Gasteiger partial charge in [-0.3, -0.25) is 0 Å². The van der Waals surface area contributed by atoms with Crippen molar-refractivity contribution in [1.29, 1.82) is 0 Å². The molecule has 0 saturated heterocycles. The van der Waals surface area contributed by atoms with Crippen LogP contribution >= 0.6 is 0 Å². The smallest absolute Gasteiger partial charge is 0.344 e. The minimum Gasteiger partial charge on any atom is -0.497 e. The van der Waals surface area contributed by atoms with Crippen LogP contribution in [0.3, 0.4) is 0 Å². The second-order valence-corrected chi connectivity index (χ2v) is 17.2. The van der Waals surface area contributed by atoms with E-state index in [2.05, 4.69) is 99.0 Å². The molecule has 0 bridgehead atoms. The third-order valence-corrected chi connectivity index (χ3v) is 13.3. The fourth-order valence-electron chi connectivity index (χ4n) is 10.0. The van der Waals surface area contributed by atoms with Crippen LogP contribution in [0.15, 0.2) is 237 Å². The Kier molecular flexibility index (Phi) is 9.20. The summed E-state index contributed by atoms with van der Waals surface area (Å²) in [4.78, 5) is 29.6. The average Bonchev–Trinajstić information content (AvgIpc) is 3.92. The fourth-order valence-corrected chi connectivity index (χ4v) is 10.0. The quantitative estimate of drug-likeness (QED) is 0.141. The summed E-state index contributed by atoms with van der Waals surface area (Å²) in [5.41, 5.74) is 11.4. The first-order valence-electron chi connectivity index (χ1n) is 22.8. The van der Waals surface area contributed by atoms with Crippen molar-refractivity contribution in [1.82, 2.24) is 9.13 Å². The number of fused-ring (bicyclic) bond motifs is 8. The molecule has 13 rings (SSSR count). The van der Waals surface area contributed by atoms with Crippen LogP contribution in [-0.4, -0.2) is 16.2 Å². The van der Waals surface area contributed by atoms with Crippen LogP contribution < -0.4 is 20.9 Å². The van der Waals surface area contributed by atoms with Gasteiger partial charge in [-0.05, 0) is 120 Å². The van der Waals surface area contributed by atoms with Crippen molar-refractivity contribution < 1.29 is 13.6 Å². The van der Waals surface area contributed by atoms with Crippen LogP contribution in [0.2, 0.25) is 0 Å². The Morgan fingerprint density at radius 1 is 0.391 bits per heavy atom. The zero-order valence-corrected chi connectivity index (χ0v) is 37.2. The summed E-state index contributed by atoms with van der Waals surface area (Å²) in [5, 5.41) is 6.30. The van der Waals surface area contributed by atoms with Gasteiger partial charge < -0.3 is 27.6 Å². The molecule has 0 amide bonds. The molecule has 0 aliphatic heterocycles. The molecular formula is C61H39N3O5. The van der Waals surface area contributed by atoms with Gasteiger partial charge in [-0.25, -0.2) is 9.59 Å². The highest BCUT2D eigenvalue weighted by Crippen LogP contribution is 2.39. The van der Waals surface area contributed by atoms with Crippen LogP contribution in [0, 0.1) is 0 Å². The number of anilines is 3. The fraction of sp³-hybridized carbons (Fsp3) is 0.0164. The van der Waals surface area contributed by atoms with Gasteiger partial charge in [0.1, 0.15) is 16.9 Å². The number of rotatable bonds is 8. The predicted molar refractivity (Wildman–Crippen MR) is 279 cm³/mol. The maximum atomic E-state index is 13.7. The van der Waals surface area contributed by atoms with Crippen LogP contribution in [0.4, 0.5) is 17.1 Å². The van der Waals surface area contributed by atoms with E-state index in [1.165, 1.54) is 0 Å². The molecular weight excluding hydrogens is 855 g/mol. The normalized spacial score (nSPS) is 11.7. The van der Waals surface area contributed by atoms with Crippen molar-refractivity contribution >= 4 is 82.6 Å². The van der Waals surface area contributed by atoms with E-state index >= 15 is 0 Å². The number of ether oxygens (including phenoxy) is 1. The monoisotopic (exact) mass is 893 g/mol. The van der Waals surface area contributed by atoms with E-state index in [9.17, 15) is 9.59 Å². The van der Waals surface area contributed by atoms with Gasteiger partial charge in [0.2, 0.25) is 0 Å². The Hall–Kier alpha value is -9.40. The average molecular weight is 894 g/mol. The number of nitrogens with zero attached hydrogens (tertiary/aromatic N) is 3. The highest BCUT2D eigenvalue weighted by atomic mass is 16.5. The van der Waals surface area contributed by atoms with Crippen LogP contribution in [-0.2, 0) is 0 Å². The second-order valence-electron chi connectivity index (χ2n) is 17.2. The molecule has 8 heteroatoms. The van der Waals surface area contributed by atoms with Gasteiger partial charge in [-0.2, -0.15) is 0 Å². The van der Waals surface area contributed by atoms with Gasteiger partial charge in [-0.1, -0.05) is 97.1 Å². The molecule has 0 spiro atoms. The molecule has 328 valence electrons. The SMILES string of the molecule is COc1ccc(N(c2ccc(-c3cc4ccc(-n5c6ccccc6c6ccccc65)cc4oc3=O)cc2)c2ccc(-c3cc4ccc(-n5c6ccccc6c6ccccc65)cc4oc3=O)cc2)cc1. The van der Waals surface area contributed by atoms with E-state index in [1.807, 2.05) is 133 Å². The van der Waals surface area contributed by atoms with Crippen molar-refractivity contribution in [3.63, 3.8) is 0 Å². The number of aromatic nitrogens is 2. The topological polar surface area (TPSA) is 82.8 Å². The number of hydrogen-bond donors (Lipinski definition) is 0. The first-order valence-corrected chi connectivity index (χ1v) is 22.8. The Labute approximate surface area is 394 Å². The minimum atomic E-state index is -0.418. The first kappa shape index (κ1) is 39.9. The molecule has 0 radical (unpaired) electrons. The molecule has 0 aliphatic rings. The van der Waals surface area contributed by atoms with Gasteiger partial charge in [0.15, 0.2) is 0 Å². The van der Waals surface area contributed by atoms with Gasteiger partial charge in [0, 0.05) is 72.9 Å². The lowest BCUT2D eigenvalue weighted by molar-refractivity contribution is 0.415. The molecule has 4 aromatic heterocycles. The molecule has 8 nitrogen and oxygen atoms in total. The standard InChI is InChI=1S/C61H39N3O5/c1-67-47-32-30-44(31-33-47)62(42-24-18-38(19-25-42)52-34-40-22-28-45(36-58(40)68-60(52)65)63-54-14-6-2-10-48(54)49-11-3-7-15-55(49)63)43-26-20-39(21-27-43)53-35-41-23-29-46(37-59(41)69-61(53)66)64-56-16-8-4-12-50(56)51-13-5-9-17-57(51)64/h2-37H,1H3. The van der Waals surface area contributed by atoms with Gasteiger partial charge in [0.25, 0.3) is 0 Å². The third kappa shape index (κ3) is 6.60. The highest BCUT2D eigenvalue weighted by Gasteiger charge is 2.19. The predicted octanol–water partition coefficient (Wildman–Crippen LogP) is 14.9. The molecule has 0 aliphatic carbocycles. The van der Waals surface area contributed by atoms with E-state index in [1.54, 1.807) is 7.11 Å². The molecule has 0 fully saturated rings. The largest absolute Gasteiger partial charge is 0.497 e. The summed E-state index contributed by atoms with van der Waals surface area (Å²) in [7, 11) is 1.65. The lowest BCUT2D eigenvalue weighted by atomic mass is 10.0. The number of benzene rings is 9. The molecule has 13 aromatic rings. The molecule has 0 atom stereocenters. The maximum Gasteiger partial charge on any atom is 0.344 e. The molecule has 0 N–H and O–H groups in total. The van der Waals surface area contributed by atoms with Crippen molar-refractivity contribution in [3.05, 3.63) is 239 Å². The summed E-state index contributed by atoms with van der Waals surface area (Å²) in [5.74, 6) is 0.736. The number of methoxy groups -OCH3 is 1. The molecule has 69 heavy (non-hydrogen) atoms. The van der Waals surface area contributed by atoms with Crippen molar-refractivity contribution in [3.8, 4) is 39.4 Å². The summed E-state index contributed by atoms with van der Waals surface area (Å²) in [6, 6.07) is 72.8. The summed E-state index contributed by atoms with van der Waals surface area (Å²) < 4.78 is 22.0. The van der Waals surface area contributed by atoms with Crippen LogP contribution in [0.5, 0.6) is 5.75 Å². The van der Waals surface area contributed by atoms with Crippen molar-refractivity contribution in [2.45, 2.75) is 0 Å². The Morgan fingerprint density at radius 2 is 0.739 bits per heavy atom. The van der Waals surface area contributed by atoms with E-state index in [0.717, 1.165) is 99.7 Å². The lowest BCUT2D eigenvalue weighted by Gasteiger charge is -2.26. The number of hydrogen-bond acceptors (Lipinski definition) is 6. The summed E-state index contributed by atoms with van der Waals surface area (Å²) >= 11 is 0. The molecule has 4 heterocycles. The second kappa shape index (κ2) is 15.9. The summed E-state index contributed by atoms with van der Waals surface area (Å²) in [6.45, 7) is 0. The van der Waals surface area contributed by atoms with E-state index in [4.69, 9.17) is 13.6 Å². The van der Waals surface area contributed by atoms with E-state index in [-0.39, 0.29) is 0 Å². The van der Waals surface area contributed by atoms with E-state index < -0.39 is 11.3 Å². The Bertz CT molecular complexity index is 3910. The zero-order chi connectivity index (χ0) is 46.2. The van der Waals surface area contributed by atoms with E-state index in [0.29, 0.717) is 22.3 Å².